The molecule has 3 nitrogen and oxygen atoms in total. The van der Waals surface area contributed by atoms with Crippen LogP contribution < -0.4 is 5.32 Å². The number of nitrogens with zero attached hydrogens (tertiary/aromatic N) is 1. The Morgan fingerprint density at radius 3 is 2.33 bits per heavy atom. The molecule has 1 N–H and O–H groups in total. The van der Waals surface area contributed by atoms with Crippen LogP contribution in [0.5, 0.6) is 0 Å². The molecule has 0 atom stereocenters. The predicted octanol–water partition coefficient (Wildman–Crippen LogP) is 6.06. The van der Waals surface area contributed by atoms with Gasteiger partial charge in [0.1, 0.15) is 0 Å². The summed E-state index contributed by atoms with van der Waals surface area (Å²) in [6.45, 7) is 3.84. The van der Waals surface area contributed by atoms with Crippen molar-refractivity contribution < 1.29 is 4.79 Å². The van der Waals surface area contributed by atoms with E-state index in [9.17, 15) is 4.79 Å². The van der Waals surface area contributed by atoms with Crippen LogP contribution in [0.1, 0.15) is 21.5 Å². The summed E-state index contributed by atoms with van der Waals surface area (Å²) in [7, 11) is 0. The maximum Gasteiger partial charge on any atom is 0.258 e. The lowest BCUT2D eigenvalue weighted by Gasteiger charge is -2.13. The van der Waals surface area contributed by atoms with E-state index in [0.29, 0.717) is 26.3 Å². The Bertz CT molecular complexity index is 950. The number of halogens is 3. The van der Waals surface area contributed by atoms with Gasteiger partial charge in [0.05, 0.1) is 31.8 Å². The highest BCUT2D eigenvalue weighted by atomic mass is 35.5. The molecule has 0 aliphatic carbocycles. The van der Waals surface area contributed by atoms with Gasteiger partial charge in [-0.3, -0.25) is 9.78 Å². The number of benzene rings is 2. The fourth-order valence-electron chi connectivity index (χ4n) is 2.52. The molecule has 6 heteroatoms. The first kappa shape index (κ1) is 17.0. The van der Waals surface area contributed by atoms with E-state index in [2.05, 4.69) is 10.3 Å². The Morgan fingerprint density at radius 1 is 1.00 bits per heavy atom. The minimum Gasteiger partial charge on any atom is -0.320 e. The van der Waals surface area contributed by atoms with Crippen molar-refractivity contribution in [2.24, 2.45) is 0 Å². The molecule has 1 heterocycles. The molecule has 0 unspecified atom stereocenters. The van der Waals surface area contributed by atoms with Gasteiger partial charge >= 0.3 is 0 Å². The van der Waals surface area contributed by atoms with Crippen molar-refractivity contribution >= 4 is 57.3 Å². The summed E-state index contributed by atoms with van der Waals surface area (Å²) in [6, 6.07) is 8.60. The van der Waals surface area contributed by atoms with Crippen LogP contribution in [-0.2, 0) is 0 Å². The average molecular weight is 380 g/mol. The number of fused-ring (bicyclic) bond motifs is 1. The quantitative estimate of drug-likeness (QED) is 0.587. The summed E-state index contributed by atoms with van der Waals surface area (Å²) >= 11 is 18.6. The van der Waals surface area contributed by atoms with Gasteiger partial charge in [-0.05, 0) is 43.2 Å². The first-order valence-corrected chi connectivity index (χ1v) is 8.33. The van der Waals surface area contributed by atoms with Gasteiger partial charge in [0.15, 0.2) is 0 Å². The summed E-state index contributed by atoms with van der Waals surface area (Å²) in [4.78, 5) is 17.0. The Hall–Kier alpha value is -1.81. The SMILES string of the molecule is Cc1cnc2c(NC(=O)c3c(Cl)cccc3Cl)ccc(C)c2c1Cl. The maximum absolute atomic E-state index is 12.6. The van der Waals surface area contributed by atoms with E-state index < -0.39 is 5.91 Å². The highest BCUT2D eigenvalue weighted by Crippen LogP contribution is 2.33. The number of carbonyl (C=O) groups is 1. The topological polar surface area (TPSA) is 42.0 Å². The molecule has 0 spiro atoms. The van der Waals surface area contributed by atoms with Gasteiger partial charge in [0, 0.05) is 11.6 Å². The molecule has 122 valence electrons. The minimum absolute atomic E-state index is 0.229. The number of carbonyl (C=O) groups excluding carboxylic acids is 1. The van der Waals surface area contributed by atoms with Crippen LogP contribution in [0.3, 0.4) is 0 Å². The first-order chi connectivity index (χ1) is 11.4. The zero-order valence-corrected chi connectivity index (χ0v) is 15.2. The first-order valence-electron chi connectivity index (χ1n) is 7.20. The van der Waals surface area contributed by atoms with Crippen molar-refractivity contribution in [2.75, 3.05) is 5.32 Å². The van der Waals surface area contributed by atoms with E-state index in [1.54, 1.807) is 30.5 Å². The summed E-state index contributed by atoms with van der Waals surface area (Å²) in [6.07, 6.45) is 1.68. The molecule has 3 rings (SSSR count). The monoisotopic (exact) mass is 378 g/mol. The van der Waals surface area contributed by atoms with Crippen molar-refractivity contribution in [3.05, 3.63) is 68.3 Å². The Morgan fingerprint density at radius 2 is 1.67 bits per heavy atom. The Kier molecular flexibility index (Phi) is 4.68. The van der Waals surface area contributed by atoms with E-state index in [0.717, 1.165) is 16.5 Å². The van der Waals surface area contributed by atoms with Crippen molar-refractivity contribution in [3.8, 4) is 0 Å². The summed E-state index contributed by atoms with van der Waals surface area (Å²) in [5.74, 6) is -0.394. The Balaban J connectivity index is 2.10. The van der Waals surface area contributed by atoms with Crippen LogP contribution >= 0.6 is 34.8 Å². The number of aromatic nitrogens is 1. The van der Waals surface area contributed by atoms with Gasteiger partial charge in [0.25, 0.3) is 5.91 Å². The Labute approximate surface area is 154 Å². The third kappa shape index (κ3) is 2.95. The largest absolute Gasteiger partial charge is 0.320 e. The van der Waals surface area contributed by atoms with Crippen LogP contribution in [-0.4, -0.2) is 10.9 Å². The lowest BCUT2D eigenvalue weighted by Crippen LogP contribution is -2.14. The van der Waals surface area contributed by atoms with Crippen molar-refractivity contribution in [2.45, 2.75) is 13.8 Å². The van der Waals surface area contributed by atoms with E-state index in [-0.39, 0.29) is 5.56 Å². The number of hydrogen-bond acceptors (Lipinski definition) is 2. The fourth-order valence-corrected chi connectivity index (χ4v) is 3.38. The van der Waals surface area contributed by atoms with Crippen molar-refractivity contribution in [3.63, 3.8) is 0 Å². The summed E-state index contributed by atoms with van der Waals surface area (Å²) in [5, 5.41) is 4.86. The molecule has 1 aromatic heterocycles. The number of aryl methyl sites for hydroxylation is 2. The van der Waals surface area contributed by atoms with Gasteiger partial charge in [-0.25, -0.2) is 0 Å². The van der Waals surface area contributed by atoms with Gasteiger partial charge in [0.2, 0.25) is 0 Å². The summed E-state index contributed by atoms with van der Waals surface area (Å²) < 4.78 is 0. The molecule has 0 radical (unpaired) electrons. The molecule has 0 bridgehead atoms. The molecule has 0 aliphatic heterocycles. The number of amides is 1. The second-order valence-corrected chi connectivity index (χ2v) is 6.65. The van der Waals surface area contributed by atoms with Crippen LogP contribution in [0.4, 0.5) is 5.69 Å². The number of rotatable bonds is 2. The highest BCUT2D eigenvalue weighted by Gasteiger charge is 2.17. The van der Waals surface area contributed by atoms with Crippen LogP contribution in [0.25, 0.3) is 10.9 Å². The van der Waals surface area contributed by atoms with E-state index in [1.165, 1.54) is 0 Å². The number of nitrogens with one attached hydrogen (secondary N) is 1. The van der Waals surface area contributed by atoms with Crippen molar-refractivity contribution in [1.29, 1.82) is 0 Å². The third-order valence-corrected chi connectivity index (χ3v) is 4.89. The van der Waals surface area contributed by atoms with Gasteiger partial charge in [-0.15, -0.1) is 0 Å². The summed E-state index contributed by atoms with van der Waals surface area (Å²) in [5.41, 5.74) is 3.28. The molecule has 0 aliphatic rings. The lowest BCUT2D eigenvalue weighted by molar-refractivity contribution is 0.102. The number of pyridine rings is 1. The molecular weight excluding hydrogens is 367 g/mol. The highest BCUT2D eigenvalue weighted by molar-refractivity contribution is 6.40. The molecule has 3 aromatic rings. The fraction of sp³-hybridized carbons (Fsp3) is 0.111. The van der Waals surface area contributed by atoms with Gasteiger partial charge in [-0.2, -0.15) is 0 Å². The smallest absolute Gasteiger partial charge is 0.258 e. The number of anilines is 1. The number of hydrogen-bond donors (Lipinski definition) is 1. The molecule has 1 amide bonds. The molecule has 0 saturated carbocycles. The van der Waals surface area contributed by atoms with Crippen molar-refractivity contribution in [1.82, 2.24) is 4.98 Å². The van der Waals surface area contributed by atoms with Crippen LogP contribution in [0, 0.1) is 13.8 Å². The van der Waals surface area contributed by atoms with Crippen LogP contribution in [0.2, 0.25) is 15.1 Å². The predicted molar refractivity (Wildman–Crippen MR) is 101 cm³/mol. The standard InChI is InChI=1S/C18H13Cl3N2O/c1-9-6-7-13(17-14(9)16(21)10(2)8-22-17)23-18(24)15-11(19)4-3-5-12(15)20/h3-8H,1-2H3,(H,23,24). The molecule has 2 aromatic carbocycles. The molecular formula is C18H13Cl3N2O. The van der Waals surface area contributed by atoms with Crippen LogP contribution in [0.15, 0.2) is 36.5 Å². The second kappa shape index (κ2) is 6.60. The molecule has 0 fully saturated rings. The zero-order chi connectivity index (χ0) is 17.4. The maximum atomic E-state index is 12.6. The van der Waals surface area contributed by atoms with Gasteiger partial charge in [-0.1, -0.05) is 46.9 Å². The van der Waals surface area contributed by atoms with E-state index >= 15 is 0 Å². The zero-order valence-electron chi connectivity index (χ0n) is 13.0. The second-order valence-electron chi connectivity index (χ2n) is 5.46. The lowest BCUT2D eigenvalue weighted by atomic mass is 10.1. The molecule has 0 saturated heterocycles. The normalized spacial score (nSPS) is 10.9. The third-order valence-electron chi connectivity index (χ3n) is 3.78. The minimum atomic E-state index is -0.394. The molecule has 24 heavy (non-hydrogen) atoms. The average Bonchev–Trinajstić information content (AvgIpc) is 2.53. The van der Waals surface area contributed by atoms with E-state index in [1.807, 2.05) is 19.9 Å². The van der Waals surface area contributed by atoms with Gasteiger partial charge < -0.3 is 5.32 Å². The van der Waals surface area contributed by atoms with E-state index in [4.69, 9.17) is 34.8 Å².